The van der Waals surface area contributed by atoms with Gasteiger partial charge in [0.15, 0.2) is 0 Å². The molecule has 0 aliphatic rings. The molecule has 0 bridgehead atoms. The summed E-state index contributed by atoms with van der Waals surface area (Å²) in [6.45, 7) is 2.07. The molecule has 14 heavy (non-hydrogen) atoms. The van der Waals surface area contributed by atoms with Crippen LogP contribution in [0, 0.1) is 5.82 Å². The van der Waals surface area contributed by atoms with Gasteiger partial charge in [0, 0.05) is 10.5 Å². The van der Waals surface area contributed by atoms with Gasteiger partial charge < -0.3 is 5.73 Å². The van der Waals surface area contributed by atoms with Crippen LogP contribution in [0.2, 0.25) is 0 Å². The van der Waals surface area contributed by atoms with Crippen molar-refractivity contribution in [2.24, 2.45) is 5.73 Å². The minimum absolute atomic E-state index is 0.208. The second kappa shape index (κ2) is 5.47. The molecule has 1 aromatic rings. The van der Waals surface area contributed by atoms with Crippen LogP contribution in [0.15, 0.2) is 22.7 Å². The number of hydrogen-bond donors (Lipinski definition) is 1. The van der Waals surface area contributed by atoms with Crippen LogP contribution in [0.4, 0.5) is 4.39 Å². The summed E-state index contributed by atoms with van der Waals surface area (Å²) in [6.07, 6.45) is 2.83. The quantitative estimate of drug-likeness (QED) is 0.883. The summed E-state index contributed by atoms with van der Waals surface area (Å²) in [5.41, 5.74) is 6.93. The van der Waals surface area contributed by atoms with Gasteiger partial charge in [0.1, 0.15) is 5.82 Å². The van der Waals surface area contributed by atoms with Crippen molar-refractivity contribution in [2.45, 2.75) is 32.2 Å². The van der Waals surface area contributed by atoms with E-state index in [1.165, 1.54) is 12.1 Å². The normalized spacial score (nSPS) is 12.9. The molecule has 1 rings (SSSR count). The van der Waals surface area contributed by atoms with Crippen molar-refractivity contribution in [3.05, 3.63) is 34.1 Å². The van der Waals surface area contributed by atoms with Gasteiger partial charge in [-0.1, -0.05) is 28.9 Å². The third-order valence-corrected chi connectivity index (χ3v) is 3.06. The van der Waals surface area contributed by atoms with E-state index >= 15 is 0 Å². The number of hydrogen-bond acceptors (Lipinski definition) is 1. The highest BCUT2D eigenvalue weighted by Crippen LogP contribution is 2.19. The summed E-state index contributed by atoms with van der Waals surface area (Å²) < 4.78 is 13.6. The van der Waals surface area contributed by atoms with Gasteiger partial charge in [0.05, 0.1) is 0 Å². The van der Waals surface area contributed by atoms with Crippen molar-refractivity contribution in [3.8, 4) is 0 Å². The lowest BCUT2D eigenvalue weighted by Gasteiger charge is -2.09. The maximum atomic E-state index is 12.8. The first kappa shape index (κ1) is 11.7. The van der Waals surface area contributed by atoms with E-state index in [0.717, 1.165) is 29.3 Å². The second-order valence-electron chi connectivity index (χ2n) is 3.44. The molecular formula is C11H15BrFN. The van der Waals surface area contributed by atoms with Crippen molar-refractivity contribution in [1.29, 1.82) is 0 Å². The van der Waals surface area contributed by atoms with Gasteiger partial charge in [-0.05, 0) is 37.0 Å². The molecule has 0 aliphatic heterocycles. The average Bonchev–Trinajstić information content (AvgIpc) is 2.16. The highest BCUT2D eigenvalue weighted by atomic mass is 79.9. The monoisotopic (exact) mass is 259 g/mol. The van der Waals surface area contributed by atoms with Crippen LogP contribution in [0.25, 0.3) is 0 Å². The van der Waals surface area contributed by atoms with Gasteiger partial charge in [-0.25, -0.2) is 4.39 Å². The Labute approximate surface area is 92.6 Å². The fourth-order valence-electron chi connectivity index (χ4n) is 1.27. The topological polar surface area (TPSA) is 26.0 Å². The summed E-state index contributed by atoms with van der Waals surface area (Å²) in [5.74, 6) is -0.208. The van der Waals surface area contributed by atoms with Crippen LogP contribution < -0.4 is 5.73 Å². The molecule has 0 saturated carbocycles. The largest absolute Gasteiger partial charge is 0.328 e. The molecule has 1 unspecified atom stereocenters. The third-order valence-electron chi connectivity index (χ3n) is 2.32. The molecule has 2 N–H and O–H groups in total. The van der Waals surface area contributed by atoms with E-state index in [1.54, 1.807) is 0 Å². The van der Waals surface area contributed by atoms with Crippen LogP contribution in [-0.4, -0.2) is 6.04 Å². The molecule has 1 atom stereocenters. The first-order valence-corrected chi connectivity index (χ1v) is 5.62. The zero-order valence-electron chi connectivity index (χ0n) is 8.26. The summed E-state index contributed by atoms with van der Waals surface area (Å²) in [4.78, 5) is 0. The maximum absolute atomic E-state index is 12.8. The average molecular weight is 260 g/mol. The van der Waals surface area contributed by atoms with Crippen LogP contribution in [0.3, 0.4) is 0 Å². The van der Waals surface area contributed by atoms with Crippen LogP contribution >= 0.6 is 15.9 Å². The molecule has 0 amide bonds. The minimum Gasteiger partial charge on any atom is -0.328 e. The second-order valence-corrected chi connectivity index (χ2v) is 4.30. The van der Waals surface area contributed by atoms with Crippen molar-refractivity contribution in [3.63, 3.8) is 0 Å². The highest BCUT2D eigenvalue weighted by Gasteiger charge is 2.04. The zero-order valence-corrected chi connectivity index (χ0v) is 9.85. The molecule has 0 saturated heterocycles. The number of rotatable bonds is 4. The maximum Gasteiger partial charge on any atom is 0.124 e. The molecule has 0 aromatic heterocycles. The Morgan fingerprint density at radius 1 is 1.50 bits per heavy atom. The van der Waals surface area contributed by atoms with Gasteiger partial charge >= 0.3 is 0 Å². The molecule has 0 aliphatic carbocycles. The standard InChI is InChI=1S/C11H15BrFN/c1-2-10(14)6-4-8-3-5-9(13)7-11(8)12/h3,5,7,10H,2,4,6,14H2,1H3. The first-order chi connectivity index (χ1) is 6.63. The van der Waals surface area contributed by atoms with E-state index in [9.17, 15) is 4.39 Å². The zero-order chi connectivity index (χ0) is 10.6. The van der Waals surface area contributed by atoms with Crippen molar-refractivity contribution >= 4 is 15.9 Å². The van der Waals surface area contributed by atoms with Crippen LogP contribution in [0.5, 0.6) is 0 Å². The van der Waals surface area contributed by atoms with E-state index in [4.69, 9.17) is 5.73 Å². The lowest BCUT2D eigenvalue weighted by molar-refractivity contribution is 0.593. The number of benzene rings is 1. The van der Waals surface area contributed by atoms with Crippen molar-refractivity contribution < 1.29 is 4.39 Å². The van der Waals surface area contributed by atoms with Gasteiger partial charge in [0.25, 0.3) is 0 Å². The van der Waals surface area contributed by atoms with Crippen LogP contribution in [-0.2, 0) is 6.42 Å². The van der Waals surface area contributed by atoms with E-state index in [0.29, 0.717) is 0 Å². The minimum atomic E-state index is -0.208. The predicted octanol–water partition coefficient (Wildman–Crippen LogP) is 3.26. The molecule has 0 radical (unpaired) electrons. The molecule has 0 fully saturated rings. The Morgan fingerprint density at radius 3 is 2.79 bits per heavy atom. The molecule has 0 heterocycles. The first-order valence-electron chi connectivity index (χ1n) is 4.83. The molecule has 1 nitrogen and oxygen atoms in total. The smallest absolute Gasteiger partial charge is 0.124 e. The van der Waals surface area contributed by atoms with E-state index in [-0.39, 0.29) is 11.9 Å². The Balaban J connectivity index is 2.59. The highest BCUT2D eigenvalue weighted by molar-refractivity contribution is 9.10. The number of nitrogens with two attached hydrogens (primary N) is 1. The summed E-state index contributed by atoms with van der Waals surface area (Å²) in [7, 11) is 0. The van der Waals surface area contributed by atoms with Gasteiger partial charge in [0.2, 0.25) is 0 Å². The fraction of sp³-hybridized carbons (Fsp3) is 0.455. The van der Waals surface area contributed by atoms with Crippen molar-refractivity contribution in [2.75, 3.05) is 0 Å². The van der Waals surface area contributed by atoms with E-state index in [2.05, 4.69) is 22.9 Å². The summed E-state index contributed by atoms with van der Waals surface area (Å²) in [6, 6.07) is 5.03. The fourth-order valence-corrected chi connectivity index (χ4v) is 1.82. The molecule has 0 spiro atoms. The summed E-state index contributed by atoms with van der Waals surface area (Å²) >= 11 is 3.34. The number of halogens is 2. The van der Waals surface area contributed by atoms with E-state index in [1.807, 2.05) is 6.07 Å². The summed E-state index contributed by atoms with van der Waals surface area (Å²) in [5, 5.41) is 0. The van der Waals surface area contributed by atoms with E-state index < -0.39 is 0 Å². The molecule has 3 heteroatoms. The predicted molar refractivity (Wildman–Crippen MR) is 60.7 cm³/mol. The molecular weight excluding hydrogens is 245 g/mol. The lowest BCUT2D eigenvalue weighted by Crippen LogP contribution is -2.19. The Bertz CT molecular complexity index is 301. The Hall–Kier alpha value is -0.410. The number of aryl methyl sites for hydroxylation is 1. The molecule has 1 aromatic carbocycles. The Kier molecular flexibility index (Phi) is 4.55. The van der Waals surface area contributed by atoms with Crippen molar-refractivity contribution in [1.82, 2.24) is 0 Å². The third kappa shape index (κ3) is 3.39. The lowest BCUT2D eigenvalue weighted by atomic mass is 10.0. The van der Waals surface area contributed by atoms with Gasteiger partial charge in [-0.15, -0.1) is 0 Å². The van der Waals surface area contributed by atoms with Crippen LogP contribution in [0.1, 0.15) is 25.3 Å². The van der Waals surface area contributed by atoms with Gasteiger partial charge in [-0.2, -0.15) is 0 Å². The molecule has 78 valence electrons. The SMILES string of the molecule is CCC(N)CCc1ccc(F)cc1Br. The Morgan fingerprint density at radius 2 is 2.21 bits per heavy atom. The van der Waals surface area contributed by atoms with Gasteiger partial charge in [-0.3, -0.25) is 0 Å².